The predicted octanol–water partition coefficient (Wildman–Crippen LogP) is 2.87. The second kappa shape index (κ2) is 6.21. The van der Waals surface area contributed by atoms with Crippen molar-refractivity contribution in [1.82, 2.24) is 4.90 Å². The molecule has 0 bridgehead atoms. The lowest BCUT2D eigenvalue weighted by atomic mass is 10.0. The number of benzene rings is 1. The molecule has 18 heavy (non-hydrogen) atoms. The molecular weight excluding hydrogens is 250 g/mol. The summed E-state index contributed by atoms with van der Waals surface area (Å²) < 4.78 is 4.87. The van der Waals surface area contributed by atoms with Crippen LogP contribution in [0.15, 0.2) is 24.3 Å². The first-order valence-corrected chi connectivity index (χ1v) is 6.65. The van der Waals surface area contributed by atoms with E-state index in [9.17, 15) is 4.79 Å². The Labute approximate surface area is 113 Å². The quantitative estimate of drug-likeness (QED) is 0.789. The number of hydrogen-bond donors (Lipinski definition) is 0. The Balaban J connectivity index is 2.07. The topological polar surface area (TPSA) is 29.5 Å². The molecule has 1 atom stereocenters. The number of likely N-dealkylation sites (tertiary alicyclic amines) is 1. The van der Waals surface area contributed by atoms with Crippen molar-refractivity contribution in [2.45, 2.75) is 31.8 Å². The first-order valence-electron chi connectivity index (χ1n) is 6.27. The van der Waals surface area contributed by atoms with Gasteiger partial charge in [-0.15, -0.1) is 0 Å². The molecule has 0 aliphatic carbocycles. The van der Waals surface area contributed by atoms with E-state index >= 15 is 0 Å². The van der Waals surface area contributed by atoms with E-state index in [1.807, 2.05) is 24.3 Å². The van der Waals surface area contributed by atoms with Gasteiger partial charge in [0.2, 0.25) is 0 Å². The summed E-state index contributed by atoms with van der Waals surface area (Å²) >= 11 is 5.98. The standard InChI is InChI=1S/C14H18ClNO2/c1-18-14(17)13-7-2-3-8-16(13)10-11-5-4-6-12(15)9-11/h4-6,9,13H,2-3,7-8,10H2,1H3/t13-/m1/s1. The molecule has 0 spiro atoms. The number of rotatable bonds is 3. The molecule has 3 nitrogen and oxygen atoms in total. The number of methoxy groups -OCH3 is 1. The lowest BCUT2D eigenvalue weighted by molar-refractivity contribution is -0.148. The van der Waals surface area contributed by atoms with Crippen LogP contribution in [-0.4, -0.2) is 30.6 Å². The Morgan fingerprint density at radius 3 is 3.06 bits per heavy atom. The van der Waals surface area contributed by atoms with Crippen LogP contribution >= 0.6 is 11.6 Å². The van der Waals surface area contributed by atoms with Gasteiger partial charge in [-0.2, -0.15) is 0 Å². The molecule has 1 aromatic rings. The van der Waals surface area contributed by atoms with Crippen LogP contribution in [-0.2, 0) is 16.1 Å². The van der Waals surface area contributed by atoms with Gasteiger partial charge in [-0.3, -0.25) is 9.69 Å². The molecule has 98 valence electrons. The number of carbonyl (C=O) groups is 1. The van der Waals surface area contributed by atoms with E-state index in [1.54, 1.807) is 0 Å². The van der Waals surface area contributed by atoms with Gasteiger partial charge in [-0.05, 0) is 37.1 Å². The zero-order chi connectivity index (χ0) is 13.0. The molecule has 2 rings (SSSR count). The molecule has 1 aliphatic rings. The summed E-state index contributed by atoms with van der Waals surface area (Å²) in [6, 6.07) is 7.68. The van der Waals surface area contributed by atoms with Crippen LogP contribution in [0.2, 0.25) is 5.02 Å². The maximum Gasteiger partial charge on any atom is 0.323 e. The second-order valence-electron chi connectivity index (χ2n) is 4.64. The summed E-state index contributed by atoms with van der Waals surface area (Å²) in [5.41, 5.74) is 1.14. The van der Waals surface area contributed by atoms with Gasteiger partial charge < -0.3 is 4.74 Å². The van der Waals surface area contributed by atoms with E-state index < -0.39 is 0 Å². The molecule has 0 aromatic heterocycles. The number of ether oxygens (including phenoxy) is 1. The fourth-order valence-electron chi connectivity index (χ4n) is 2.45. The number of hydrogen-bond acceptors (Lipinski definition) is 3. The molecule has 0 amide bonds. The molecule has 0 unspecified atom stereocenters. The zero-order valence-electron chi connectivity index (χ0n) is 10.6. The van der Waals surface area contributed by atoms with E-state index in [0.29, 0.717) is 0 Å². The minimum Gasteiger partial charge on any atom is -0.468 e. The molecule has 4 heteroatoms. The van der Waals surface area contributed by atoms with Crippen LogP contribution in [0.5, 0.6) is 0 Å². The molecule has 1 saturated heterocycles. The number of piperidine rings is 1. The highest BCUT2D eigenvalue weighted by Crippen LogP contribution is 2.21. The smallest absolute Gasteiger partial charge is 0.323 e. The highest BCUT2D eigenvalue weighted by Gasteiger charge is 2.29. The molecule has 0 saturated carbocycles. The molecule has 1 fully saturated rings. The van der Waals surface area contributed by atoms with Crippen molar-refractivity contribution < 1.29 is 9.53 Å². The van der Waals surface area contributed by atoms with Gasteiger partial charge in [0.25, 0.3) is 0 Å². The van der Waals surface area contributed by atoms with Crippen molar-refractivity contribution in [2.75, 3.05) is 13.7 Å². The zero-order valence-corrected chi connectivity index (χ0v) is 11.3. The Morgan fingerprint density at radius 1 is 1.50 bits per heavy atom. The third-order valence-electron chi connectivity index (χ3n) is 3.36. The molecule has 1 aliphatic heterocycles. The van der Waals surface area contributed by atoms with Crippen LogP contribution < -0.4 is 0 Å². The summed E-state index contributed by atoms with van der Waals surface area (Å²) in [4.78, 5) is 13.9. The van der Waals surface area contributed by atoms with Crippen LogP contribution in [0, 0.1) is 0 Å². The van der Waals surface area contributed by atoms with Gasteiger partial charge in [0.1, 0.15) is 6.04 Å². The van der Waals surface area contributed by atoms with Crippen LogP contribution in [0.25, 0.3) is 0 Å². The van der Waals surface area contributed by atoms with Crippen LogP contribution in [0.1, 0.15) is 24.8 Å². The number of carbonyl (C=O) groups excluding carboxylic acids is 1. The van der Waals surface area contributed by atoms with Crippen molar-refractivity contribution in [3.8, 4) is 0 Å². The molecular formula is C14H18ClNO2. The maximum absolute atomic E-state index is 11.7. The summed E-state index contributed by atoms with van der Waals surface area (Å²) in [7, 11) is 1.45. The van der Waals surface area contributed by atoms with Gasteiger partial charge in [0.05, 0.1) is 7.11 Å². The largest absolute Gasteiger partial charge is 0.468 e. The van der Waals surface area contributed by atoms with Gasteiger partial charge >= 0.3 is 5.97 Å². The Morgan fingerprint density at radius 2 is 2.33 bits per heavy atom. The Hall–Kier alpha value is -1.06. The number of halogens is 1. The van der Waals surface area contributed by atoms with Crippen molar-refractivity contribution in [3.05, 3.63) is 34.9 Å². The van der Waals surface area contributed by atoms with Gasteiger partial charge in [0.15, 0.2) is 0 Å². The Bertz CT molecular complexity index is 422. The summed E-state index contributed by atoms with van der Waals surface area (Å²) in [6.07, 6.45) is 3.10. The molecule has 1 aromatic carbocycles. The molecule has 0 N–H and O–H groups in total. The summed E-state index contributed by atoms with van der Waals surface area (Å²) in [5, 5.41) is 0.735. The van der Waals surface area contributed by atoms with Gasteiger partial charge in [0, 0.05) is 11.6 Å². The second-order valence-corrected chi connectivity index (χ2v) is 5.07. The van der Waals surface area contributed by atoms with E-state index in [1.165, 1.54) is 7.11 Å². The molecule has 1 heterocycles. The molecule has 0 radical (unpaired) electrons. The van der Waals surface area contributed by atoms with Crippen molar-refractivity contribution in [1.29, 1.82) is 0 Å². The fourth-order valence-corrected chi connectivity index (χ4v) is 2.67. The summed E-state index contributed by atoms with van der Waals surface area (Å²) in [5.74, 6) is -0.128. The van der Waals surface area contributed by atoms with E-state index in [0.717, 1.165) is 42.9 Å². The lowest BCUT2D eigenvalue weighted by Gasteiger charge is -2.33. The highest BCUT2D eigenvalue weighted by atomic mass is 35.5. The van der Waals surface area contributed by atoms with Crippen molar-refractivity contribution >= 4 is 17.6 Å². The number of nitrogens with zero attached hydrogens (tertiary/aromatic N) is 1. The third kappa shape index (κ3) is 3.24. The van der Waals surface area contributed by atoms with Crippen LogP contribution in [0.4, 0.5) is 0 Å². The van der Waals surface area contributed by atoms with Gasteiger partial charge in [-0.1, -0.05) is 30.2 Å². The van der Waals surface area contributed by atoms with Gasteiger partial charge in [-0.25, -0.2) is 0 Å². The lowest BCUT2D eigenvalue weighted by Crippen LogP contribution is -2.44. The highest BCUT2D eigenvalue weighted by molar-refractivity contribution is 6.30. The SMILES string of the molecule is COC(=O)[C@H]1CCCCN1Cc1cccc(Cl)c1. The first kappa shape index (κ1) is 13.4. The number of esters is 1. The maximum atomic E-state index is 11.7. The third-order valence-corrected chi connectivity index (χ3v) is 3.60. The van der Waals surface area contributed by atoms with Crippen molar-refractivity contribution in [2.24, 2.45) is 0 Å². The first-order chi connectivity index (χ1) is 8.70. The van der Waals surface area contributed by atoms with Crippen LogP contribution in [0.3, 0.4) is 0 Å². The normalized spacial score (nSPS) is 20.7. The minimum atomic E-state index is -0.128. The van der Waals surface area contributed by atoms with E-state index in [2.05, 4.69) is 4.90 Å². The fraction of sp³-hybridized carbons (Fsp3) is 0.500. The Kier molecular flexibility index (Phi) is 4.61. The van der Waals surface area contributed by atoms with Crippen molar-refractivity contribution in [3.63, 3.8) is 0 Å². The monoisotopic (exact) mass is 267 g/mol. The summed E-state index contributed by atoms with van der Waals surface area (Å²) in [6.45, 7) is 1.69. The average Bonchev–Trinajstić information content (AvgIpc) is 2.38. The average molecular weight is 268 g/mol. The van der Waals surface area contributed by atoms with E-state index in [4.69, 9.17) is 16.3 Å². The van der Waals surface area contributed by atoms with E-state index in [-0.39, 0.29) is 12.0 Å². The minimum absolute atomic E-state index is 0.109. The predicted molar refractivity (Wildman–Crippen MR) is 71.5 cm³/mol.